The van der Waals surface area contributed by atoms with Gasteiger partial charge in [0.25, 0.3) is 0 Å². The number of carbonyl (C=O) groups excluding carboxylic acids is 1. The van der Waals surface area contributed by atoms with Crippen LogP contribution in [-0.2, 0) is 0 Å². The number of anilines is 1. The second kappa shape index (κ2) is 3.96. The molecule has 2 aromatic rings. The van der Waals surface area contributed by atoms with Gasteiger partial charge >= 0.3 is 0 Å². The number of nitrogens with zero attached hydrogens (tertiary/aromatic N) is 2. The molecular formula is C13H13N3O2. The van der Waals surface area contributed by atoms with E-state index in [4.69, 9.17) is 5.73 Å². The summed E-state index contributed by atoms with van der Waals surface area (Å²) in [6, 6.07) is 9.01. The Hall–Kier alpha value is -2.14. The molecule has 2 heterocycles. The van der Waals surface area contributed by atoms with Crippen LogP contribution in [0.4, 0.5) is 5.82 Å². The van der Waals surface area contributed by atoms with Gasteiger partial charge in [0.1, 0.15) is 5.82 Å². The number of rotatable bonds is 2. The number of hydrogen-bond donors (Lipinski definition) is 2. The van der Waals surface area contributed by atoms with Crippen LogP contribution >= 0.6 is 0 Å². The fourth-order valence-corrected chi connectivity index (χ4v) is 2.18. The van der Waals surface area contributed by atoms with Crippen LogP contribution in [0.25, 0.3) is 10.9 Å². The smallest absolute Gasteiger partial charge is 0.249 e. The third-order valence-corrected chi connectivity index (χ3v) is 3.17. The molecule has 5 heteroatoms. The summed E-state index contributed by atoms with van der Waals surface area (Å²) in [6.45, 7) is 1.21. The Balaban J connectivity index is 2.05. The highest BCUT2D eigenvalue weighted by molar-refractivity contribution is 6.05. The molecule has 0 atom stereocenters. The first-order valence-corrected chi connectivity index (χ1v) is 5.78. The Bertz CT molecular complexity index is 621. The molecule has 0 aliphatic carbocycles. The summed E-state index contributed by atoms with van der Waals surface area (Å²) in [7, 11) is 0. The Morgan fingerprint density at radius 1 is 1.33 bits per heavy atom. The van der Waals surface area contributed by atoms with Gasteiger partial charge in [0.05, 0.1) is 11.6 Å². The lowest BCUT2D eigenvalue weighted by atomic mass is 10.1. The number of primary amides is 1. The summed E-state index contributed by atoms with van der Waals surface area (Å²) in [6.07, 6.45) is -0.264. The third kappa shape index (κ3) is 1.69. The zero-order chi connectivity index (χ0) is 12.7. The molecule has 1 saturated heterocycles. The first-order valence-electron chi connectivity index (χ1n) is 5.78. The van der Waals surface area contributed by atoms with Crippen LogP contribution < -0.4 is 10.6 Å². The maximum Gasteiger partial charge on any atom is 0.249 e. The largest absolute Gasteiger partial charge is 0.389 e. The molecule has 0 radical (unpaired) electrons. The summed E-state index contributed by atoms with van der Waals surface area (Å²) >= 11 is 0. The molecule has 1 aliphatic rings. The van der Waals surface area contributed by atoms with E-state index in [9.17, 15) is 9.90 Å². The van der Waals surface area contributed by atoms with E-state index in [2.05, 4.69) is 4.98 Å². The third-order valence-electron chi connectivity index (χ3n) is 3.17. The van der Waals surface area contributed by atoms with E-state index in [0.29, 0.717) is 18.7 Å². The minimum atomic E-state index is -0.450. The van der Waals surface area contributed by atoms with Crippen molar-refractivity contribution < 1.29 is 9.90 Å². The second-order valence-corrected chi connectivity index (χ2v) is 4.46. The quantitative estimate of drug-likeness (QED) is 0.805. The normalized spacial score (nSPS) is 15.7. The van der Waals surface area contributed by atoms with E-state index >= 15 is 0 Å². The average Bonchev–Trinajstić information content (AvgIpc) is 2.33. The van der Waals surface area contributed by atoms with Gasteiger partial charge in [-0.05, 0) is 24.3 Å². The van der Waals surface area contributed by atoms with E-state index in [0.717, 1.165) is 16.7 Å². The number of aliphatic hydroxyl groups is 1. The number of aliphatic hydroxyl groups excluding tert-OH is 1. The van der Waals surface area contributed by atoms with Gasteiger partial charge in [-0.25, -0.2) is 4.98 Å². The van der Waals surface area contributed by atoms with Gasteiger partial charge in [-0.15, -0.1) is 0 Å². The van der Waals surface area contributed by atoms with Crippen LogP contribution in [-0.4, -0.2) is 35.2 Å². The fourth-order valence-electron chi connectivity index (χ4n) is 2.18. The molecule has 0 saturated carbocycles. The van der Waals surface area contributed by atoms with Gasteiger partial charge in [0.2, 0.25) is 5.91 Å². The molecule has 1 fully saturated rings. The van der Waals surface area contributed by atoms with Crippen molar-refractivity contribution in [1.29, 1.82) is 0 Å². The number of nitrogens with two attached hydrogens (primary N) is 1. The number of amides is 1. The predicted molar refractivity (Wildman–Crippen MR) is 68.5 cm³/mol. The maximum atomic E-state index is 11.3. The minimum absolute atomic E-state index is 0.264. The Morgan fingerprint density at radius 2 is 2.11 bits per heavy atom. The fraction of sp³-hybridized carbons (Fsp3) is 0.231. The number of benzene rings is 1. The van der Waals surface area contributed by atoms with Crippen LogP contribution in [0.3, 0.4) is 0 Å². The van der Waals surface area contributed by atoms with E-state index in [1.165, 1.54) is 0 Å². The Kier molecular flexibility index (Phi) is 2.41. The van der Waals surface area contributed by atoms with Crippen LogP contribution in [0, 0.1) is 0 Å². The number of carbonyl (C=O) groups is 1. The van der Waals surface area contributed by atoms with Crippen LogP contribution in [0.15, 0.2) is 30.3 Å². The van der Waals surface area contributed by atoms with Crippen molar-refractivity contribution >= 4 is 22.6 Å². The molecule has 5 nitrogen and oxygen atoms in total. The minimum Gasteiger partial charge on any atom is -0.389 e. The zero-order valence-corrected chi connectivity index (χ0v) is 9.71. The lowest BCUT2D eigenvalue weighted by Gasteiger charge is -2.36. The van der Waals surface area contributed by atoms with Crippen molar-refractivity contribution in [3.05, 3.63) is 35.9 Å². The maximum absolute atomic E-state index is 11.3. The Morgan fingerprint density at radius 3 is 2.78 bits per heavy atom. The monoisotopic (exact) mass is 243 g/mol. The molecule has 1 aromatic carbocycles. The van der Waals surface area contributed by atoms with E-state index in [-0.39, 0.29) is 6.10 Å². The van der Waals surface area contributed by atoms with Gasteiger partial charge in [-0.3, -0.25) is 4.79 Å². The summed E-state index contributed by atoms with van der Waals surface area (Å²) in [5, 5.41) is 10.0. The van der Waals surface area contributed by atoms with Gasteiger partial charge in [-0.1, -0.05) is 6.07 Å². The van der Waals surface area contributed by atoms with Crippen molar-refractivity contribution in [2.75, 3.05) is 18.0 Å². The first kappa shape index (κ1) is 11.0. The molecule has 1 amide bonds. The molecule has 0 bridgehead atoms. The number of fused-ring (bicyclic) bond motifs is 1. The molecule has 18 heavy (non-hydrogen) atoms. The van der Waals surface area contributed by atoms with E-state index in [1.54, 1.807) is 12.1 Å². The van der Waals surface area contributed by atoms with Crippen molar-refractivity contribution in [2.45, 2.75) is 6.10 Å². The molecular weight excluding hydrogens is 230 g/mol. The van der Waals surface area contributed by atoms with Crippen LogP contribution in [0.1, 0.15) is 10.4 Å². The molecule has 1 aromatic heterocycles. The number of β-amino-alcohol motifs (C(OH)–C–C–N with tert-alkyl or cyclic N) is 1. The first-order chi connectivity index (χ1) is 8.65. The van der Waals surface area contributed by atoms with Gasteiger partial charge in [0, 0.05) is 24.0 Å². The zero-order valence-electron chi connectivity index (χ0n) is 9.71. The molecule has 92 valence electrons. The number of aromatic nitrogens is 1. The highest BCUT2D eigenvalue weighted by Crippen LogP contribution is 2.23. The summed E-state index contributed by atoms with van der Waals surface area (Å²) in [4.78, 5) is 17.8. The Labute approximate surface area is 104 Å². The highest BCUT2D eigenvalue weighted by atomic mass is 16.3. The van der Waals surface area contributed by atoms with Crippen molar-refractivity contribution in [3.63, 3.8) is 0 Å². The number of pyridine rings is 1. The van der Waals surface area contributed by atoms with Crippen LogP contribution in [0.5, 0.6) is 0 Å². The molecule has 0 unspecified atom stereocenters. The van der Waals surface area contributed by atoms with Crippen molar-refractivity contribution in [2.24, 2.45) is 5.73 Å². The van der Waals surface area contributed by atoms with E-state index in [1.807, 2.05) is 23.1 Å². The number of hydrogen-bond acceptors (Lipinski definition) is 4. The summed E-state index contributed by atoms with van der Waals surface area (Å²) in [5.74, 6) is 0.365. The molecule has 1 aliphatic heterocycles. The van der Waals surface area contributed by atoms with Crippen LogP contribution in [0.2, 0.25) is 0 Å². The average molecular weight is 243 g/mol. The molecule has 0 spiro atoms. The summed E-state index contributed by atoms with van der Waals surface area (Å²) in [5.41, 5.74) is 6.55. The van der Waals surface area contributed by atoms with Crippen molar-refractivity contribution in [1.82, 2.24) is 4.98 Å². The lowest BCUT2D eigenvalue weighted by Crippen LogP contribution is -2.51. The SMILES string of the molecule is NC(=O)c1cccc2nc(N3CC(O)C3)ccc12. The standard InChI is InChI=1S/C13H13N3O2/c14-13(18)10-2-1-3-11-9(10)4-5-12(15-11)16-6-8(17)7-16/h1-5,8,17H,6-7H2,(H2,14,18). The van der Waals surface area contributed by atoms with Crippen molar-refractivity contribution in [3.8, 4) is 0 Å². The predicted octanol–water partition coefficient (Wildman–Crippen LogP) is 0.515. The van der Waals surface area contributed by atoms with Gasteiger partial charge in [-0.2, -0.15) is 0 Å². The topological polar surface area (TPSA) is 79.5 Å². The lowest BCUT2D eigenvalue weighted by molar-refractivity contribution is 0.100. The molecule has 3 rings (SSSR count). The van der Waals surface area contributed by atoms with E-state index < -0.39 is 5.91 Å². The summed E-state index contributed by atoms with van der Waals surface area (Å²) < 4.78 is 0. The van der Waals surface area contributed by atoms with Gasteiger partial charge < -0.3 is 15.7 Å². The second-order valence-electron chi connectivity index (χ2n) is 4.46. The highest BCUT2D eigenvalue weighted by Gasteiger charge is 2.25. The van der Waals surface area contributed by atoms with Gasteiger partial charge in [0.15, 0.2) is 0 Å². The molecule has 3 N–H and O–H groups in total.